The molecule has 1 aliphatic rings. The van der Waals surface area contributed by atoms with Gasteiger partial charge in [0.25, 0.3) is 0 Å². The number of ether oxygens (including phenoxy) is 1. The van der Waals surface area contributed by atoms with E-state index in [4.69, 9.17) is 4.74 Å². The molecule has 0 aliphatic carbocycles. The molecule has 0 saturated heterocycles. The number of aryl methyl sites for hydroxylation is 1. The van der Waals surface area contributed by atoms with Crippen LogP contribution < -0.4 is 0 Å². The van der Waals surface area contributed by atoms with Crippen molar-refractivity contribution >= 4 is 28.6 Å². The minimum atomic E-state index is -0.135. The van der Waals surface area contributed by atoms with Gasteiger partial charge in [0.1, 0.15) is 6.10 Å². The highest BCUT2D eigenvalue weighted by Crippen LogP contribution is 2.19. The molecule has 2 nitrogen and oxygen atoms in total. The minimum Gasteiger partial charge on any atom is -0.458 e. The molecule has 116 valence electrons. The zero-order valence-corrected chi connectivity index (χ0v) is 14.8. The maximum absolute atomic E-state index is 12.4. The smallest absolute Gasteiger partial charge is 0.338 e. The van der Waals surface area contributed by atoms with Gasteiger partial charge in [-0.2, -0.15) is 0 Å². The maximum Gasteiger partial charge on any atom is 0.338 e. The van der Waals surface area contributed by atoms with Gasteiger partial charge in [0, 0.05) is 4.43 Å². The molecule has 0 radical (unpaired) electrons. The summed E-state index contributed by atoms with van der Waals surface area (Å²) in [5.74, 6) is -0.135. The Kier molecular flexibility index (Phi) is 7.54. The van der Waals surface area contributed by atoms with E-state index in [2.05, 4.69) is 28.7 Å². The van der Waals surface area contributed by atoms with Crippen molar-refractivity contribution in [1.29, 1.82) is 0 Å². The predicted molar refractivity (Wildman–Crippen MR) is 95.2 cm³/mol. The predicted octanol–water partition coefficient (Wildman–Crippen LogP) is 5.32. The fourth-order valence-electron chi connectivity index (χ4n) is 2.89. The molecule has 1 aliphatic heterocycles. The first-order chi connectivity index (χ1) is 10.3. The first-order valence-corrected chi connectivity index (χ1v) is 9.68. The van der Waals surface area contributed by atoms with Gasteiger partial charge in [-0.05, 0) is 37.3 Å². The van der Waals surface area contributed by atoms with E-state index < -0.39 is 0 Å². The first-order valence-electron chi connectivity index (χ1n) is 8.16. The Labute approximate surface area is 141 Å². The van der Waals surface area contributed by atoms with Crippen LogP contribution in [0.5, 0.6) is 0 Å². The Balaban J connectivity index is 2.10. The fourth-order valence-corrected chi connectivity index (χ4v) is 3.51. The molecule has 21 heavy (non-hydrogen) atoms. The van der Waals surface area contributed by atoms with Crippen LogP contribution in [0, 0.1) is 0 Å². The number of rotatable bonds is 1. The number of esters is 1. The second kappa shape index (κ2) is 9.44. The molecule has 1 heterocycles. The Morgan fingerprint density at radius 3 is 2.43 bits per heavy atom. The zero-order chi connectivity index (χ0) is 14.9. The van der Waals surface area contributed by atoms with Crippen LogP contribution in [-0.4, -0.2) is 16.5 Å². The number of fused-ring (bicyclic) bond motifs is 1. The molecule has 0 saturated carbocycles. The van der Waals surface area contributed by atoms with Gasteiger partial charge in [-0.3, -0.25) is 0 Å². The van der Waals surface area contributed by atoms with Gasteiger partial charge in [0.15, 0.2) is 0 Å². The standard InChI is InChI=1S/C18H25IO2/c19-14-16-12-7-5-3-1-2-4-6-10-15-11-8-9-13-17(15)18(20)21-16/h8-9,11,13,16H,1-7,10,12,14H2. The highest BCUT2D eigenvalue weighted by Gasteiger charge is 2.17. The molecule has 0 amide bonds. The third kappa shape index (κ3) is 5.61. The largest absolute Gasteiger partial charge is 0.458 e. The number of carbonyl (C=O) groups excluding carboxylic acids is 1. The number of hydrogen-bond donors (Lipinski definition) is 0. The quantitative estimate of drug-likeness (QED) is 0.362. The summed E-state index contributed by atoms with van der Waals surface area (Å²) >= 11 is 2.32. The summed E-state index contributed by atoms with van der Waals surface area (Å²) in [5.41, 5.74) is 1.91. The van der Waals surface area contributed by atoms with Gasteiger partial charge in [-0.25, -0.2) is 4.79 Å². The Morgan fingerprint density at radius 1 is 1.00 bits per heavy atom. The van der Waals surface area contributed by atoms with Crippen LogP contribution in [0.4, 0.5) is 0 Å². The van der Waals surface area contributed by atoms with E-state index in [9.17, 15) is 4.79 Å². The molecule has 0 bridgehead atoms. The summed E-state index contributed by atoms with van der Waals surface area (Å²) in [5, 5.41) is 0. The third-order valence-corrected chi connectivity index (χ3v) is 5.14. The SMILES string of the molecule is O=C1OC(CI)CCCCCCCCCc2ccccc21. The van der Waals surface area contributed by atoms with Crippen molar-refractivity contribution in [3.63, 3.8) is 0 Å². The molecule has 0 spiro atoms. The number of cyclic esters (lactones) is 1. The molecule has 1 aromatic carbocycles. The van der Waals surface area contributed by atoms with Crippen molar-refractivity contribution in [1.82, 2.24) is 0 Å². The summed E-state index contributed by atoms with van der Waals surface area (Å²) in [6.45, 7) is 0. The highest BCUT2D eigenvalue weighted by molar-refractivity contribution is 14.1. The van der Waals surface area contributed by atoms with Crippen LogP contribution in [0.15, 0.2) is 24.3 Å². The average molecular weight is 400 g/mol. The molecular weight excluding hydrogens is 375 g/mol. The number of carbonyl (C=O) groups is 1. The lowest BCUT2D eigenvalue weighted by atomic mass is 9.99. The number of hydrogen-bond acceptors (Lipinski definition) is 2. The van der Waals surface area contributed by atoms with Crippen molar-refractivity contribution in [2.75, 3.05) is 4.43 Å². The summed E-state index contributed by atoms with van der Waals surface area (Å²) in [7, 11) is 0. The molecule has 1 unspecified atom stereocenters. The van der Waals surface area contributed by atoms with Gasteiger partial charge in [-0.1, -0.05) is 72.9 Å². The number of benzene rings is 1. The average Bonchev–Trinajstić information content (AvgIpc) is 2.51. The minimum absolute atomic E-state index is 0.0640. The van der Waals surface area contributed by atoms with Crippen LogP contribution in [0.1, 0.15) is 67.3 Å². The third-order valence-electron chi connectivity index (χ3n) is 4.16. The van der Waals surface area contributed by atoms with Crippen molar-refractivity contribution in [3.8, 4) is 0 Å². The van der Waals surface area contributed by atoms with Gasteiger partial charge in [-0.15, -0.1) is 0 Å². The van der Waals surface area contributed by atoms with Crippen LogP contribution in [0.2, 0.25) is 0 Å². The highest BCUT2D eigenvalue weighted by atomic mass is 127. The monoisotopic (exact) mass is 400 g/mol. The lowest BCUT2D eigenvalue weighted by Gasteiger charge is -2.17. The van der Waals surface area contributed by atoms with E-state index in [-0.39, 0.29) is 12.1 Å². The molecule has 1 aromatic rings. The van der Waals surface area contributed by atoms with E-state index in [1.54, 1.807) is 0 Å². The Morgan fingerprint density at radius 2 is 1.67 bits per heavy atom. The normalized spacial score (nSPS) is 22.0. The number of alkyl halides is 1. The zero-order valence-electron chi connectivity index (χ0n) is 12.7. The lowest BCUT2D eigenvalue weighted by molar-refractivity contribution is 0.0334. The topological polar surface area (TPSA) is 26.3 Å². The Bertz CT molecular complexity index is 445. The molecule has 0 fully saturated rings. The lowest BCUT2D eigenvalue weighted by Crippen LogP contribution is -2.20. The Hall–Kier alpha value is -0.580. The second-order valence-corrected chi connectivity index (χ2v) is 6.73. The van der Waals surface area contributed by atoms with E-state index in [1.165, 1.54) is 44.9 Å². The van der Waals surface area contributed by atoms with Crippen molar-refractivity contribution in [3.05, 3.63) is 35.4 Å². The van der Waals surface area contributed by atoms with Gasteiger partial charge >= 0.3 is 5.97 Å². The molecule has 3 heteroatoms. The first kappa shape index (κ1) is 16.8. The van der Waals surface area contributed by atoms with E-state index >= 15 is 0 Å². The van der Waals surface area contributed by atoms with Gasteiger partial charge in [0.05, 0.1) is 5.56 Å². The van der Waals surface area contributed by atoms with Crippen LogP contribution >= 0.6 is 22.6 Å². The molecule has 0 aromatic heterocycles. The number of halogens is 1. The van der Waals surface area contributed by atoms with E-state index in [1.807, 2.05) is 18.2 Å². The van der Waals surface area contributed by atoms with E-state index in [0.717, 1.165) is 28.4 Å². The maximum atomic E-state index is 12.4. The second-order valence-electron chi connectivity index (χ2n) is 5.85. The van der Waals surface area contributed by atoms with Crippen LogP contribution in [0.3, 0.4) is 0 Å². The van der Waals surface area contributed by atoms with Gasteiger partial charge in [0.2, 0.25) is 0 Å². The van der Waals surface area contributed by atoms with Crippen LogP contribution in [0.25, 0.3) is 0 Å². The van der Waals surface area contributed by atoms with Gasteiger partial charge < -0.3 is 4.74 Å². The fraction of sp³-hybridized carbons (Fsp3) is 0.611. The molecule has 1 atom stereocenters. The summed E-state index contributed by atoms with van der Waals surface area (Å²) in [6, 6.07) is 7.93. The van der Waals surface area contributed by atoms with Crippen molar-refractivity contribution in [2.45, 2.75) is 63.9 Å². The summed E-state index contributed by atoms with van der Waals surface area (Å²) in [6.07, 6.45) is 10.9. The molecule has 2 rings (SSSR count). The summed E-state index contributed by atoms with van der Waals surface area (Å²) in [4.78, 5) is 12.4. The van der Waals surface area contributed by atoms with Crippen molar-refractivity contribution in [2.24, 2.45) is 0 Å². The summed E-state index contributed by atoms with van der Waals surface area (Å²) < 4.78 is 6.61. The van der Waals surface area contributed by atoms with E-state index in [0.29, 0.717) is 0 Å². The van der Waals surface area contributed by atoms with Crippen molar-refractivity contribution < 1.29 is 9.53 Å². The van der Waals surface area contributed by atoms with Crippen LogP contribution in [-0.2, 0) is 11.2 Å². The molecular formula is C18H25IO2. The molecule has 0 N–H and O–H groups in total.